The van der Waals surface area contributed by atoms with Crippen molar-refractivity contribution >= 4 is 27.4 Å². The van der Waals surface area contributed by atoms with Crippen LogP contribution in [0.4, 0.5) is 11.5 Å². The molecule has 0 fully saturated rings. The van der Waals surface area contributed by atoms with Gasteiger partial charge in [-0.15, -0.1) is 0 Å². The van der Waals surface area contributed by atoms with E-state index in [4.69, 9.17) is 5.73 Å². The first-order chi connectivity index (χ1) is 6.13. The molecule has 1 unspecified atom stereocenters. The van der Waals surface area contributed by atoms with Crippen LogP contribution in [0.3, 0.4) is 0 Å². The van der Waals surface area contributed by atoms with Crippen molar-refractivity contribution in [3.63, 3.8) is 0 Å². The molecule has 1 rings (SSSR count). The maximum Gasteiger partial charge on any atom is 0.146 e. The highest BCUT2D eigenvalue weighted by molar-refractivity contribution is 9.10. The fourth-order valence-corrected chi connectivity index (χ4v) is 1.26. The van der Waals surface area contributed by atoms with Crippen LogP contribution in [-0.4, -0.2) is 11.0 Å². The van der Waals surface area contributed by atoms with E-state index in [0.717, 1.165) is 16.6 Å². The predicted molar refractivity (Wildman–Crippen MR) is 59.7 cm³/mol. The largest absolute Gasteiger partial charge is 0.382 e. The topological polar surface area (TPSA) is 50.9 Å². The number of hydrogen-bond acceptors (Lipinski definition) is 3. The summed E-state index contributed by atoms with van der Waals surface area (Å²) in [6, 6.07) is 2.35. The van der Waals surface area contributed by atoms with Gasteiger partial charge in [0.15, 0.2) is 0 Å². The number of nitrogens with one attached hydrogen (secondary N) is 1. The second kappa shape index (κ2) is 4.46. The summed E-state index contributed by atoms with van der Waals surface area (Å²) in [7, 11) is 0. The van der Waals surface area contributed by atoms with Gasteiger partial charge in [-0.3, -0.25) is 0 Å². The Labute approximate surface area is 86.9 Å². The molecular weight excluding hydrogens is 230 g/mol. The normalized spacial score (nSPS) is 12.5. The highest BCUT2D eigenvalue weighted by atomic mass is 79.9. The van der Waals surface area contributed by atoms with Gasteiger partial charge in [-0.25, -0.2) is 4.98 Å². The molecule has 0 spiro atoms. The number of halogens is 1. The summed E-state index contributed by atoms with van der Waals surface area (Å²) in [5.41, 5.74) is 6.59. The summed E-state index contributed by atoms with van der Waals surface area (Å²) >= 11 is 3.35. The summed E-state index contributed by atoms with van der Waals surface area (Å²) in [6.45, 7) is 4.24. The van der Waals surface area contributed by atoms with Crippen molar-refractivity contribution in [2.45, 2.75) is 26.3 Å². The van der Waals surface area contributed by atoms with E-state index in [1.165, 1.54) is 0 Å². The van der Waals surface area contributed by atoms with E-state index in [0.29, 0.717) is 11.9 Å². The minimum atomic E-state index is 0.415. The zero-order chi connectivity index (χ0) is 9.84. The Morgan fingerprint density at radius 3 is 3.00 bits per heavy atom. The third-order valence-electron chi connectivity index (χ3n) is 1.90. The Morgan fingerprint density at radius 1 is 1.69 bits per heavy atom. The molecule has 0 radical (unpaired) electrons. The lowest BCUT2D eigenvalue weighted by atomic mass is 10.2. The highest BCUT2D eigenvalue weighted by Gasteiger charge is 2.03. The van der Waals surface area contributed by atoms with E-state index in [1.807, 2.05) is 6.07 Å². The van der Waals surface area contributed by atoms with Crippen LogP contribution in [0.2, 0.25) is 0 Å². The molecule has 0 saturated heterocycles. The monoisotopic (exact) mass is 243 g/mol. The van der Waals surface area contributed by atoms with Crippen molar-refractivity contribution in [1.29, 1.82) is 0 Å². The number of hydrogen-bond donors (Lipinski definition) is 2. The molecule has 0 amide bonds. The molecule has 0 saturated carbocycles. The second-order valence-corrected chi connectivity index (χ2v) is 3.96. The van der Waals surface area contributed by atoms with Crippen molar-refractivity contribution in [2.75, 3.05) is 11.1 Å². The number of nitrogens with zero attached hydrogens (tertiary/aromatic N) is 1. The van der Waals surface area contributed by atoms with E-state index in [2.05, 4.69) is 40.1 Å². The van der Waals surface area contributed by atoms with Crippen LogP contribution in [0.15, 0.2) is 16.7 Å². The summed E-state index contributed by atoms with van der Waals surface area (Å²) in [4.78, 5) is 4.03. The van der Waals surface area contributed by atoms with Crippen molar-refractivity contribution in [3.8, 4) is 0 Å². The zero-order valence-electron chi connectivity index (χ0n) is 7.84. The average molecular weight is 244 g/mol. The van der Waals surface area contributed by atoms with Gasteiger partial charge in [0.25, 0.3) is 0 Å². The first-order valence-corrected chi connectivity index (χ1v) is 5.10. The highest BCUT2D eigenvalue weighted by Crippen LogP contribution is 2.21. The van der Waals surface area contributed by atoms with E-state index >= 15 is 0 Å². The van der Waals surface area contributed by atoms with Crippen molar-refractivity contribution in [3.05, 3.63) is 16.7 Å². The quantitative estimate of drug-likeness (QED) is 0.859. The van der Waals surface area contributed by atoms with Gasteiger partial charge in [-0.05, 0) is 35.3 Å². The Bertz CT molecular complexity index is 288. The summed E-state index contributed by atoms with van der Waals surface area (Å²) < 4.78 is 0.938. The fraction of sp³-hybridized carbons (Fsp3) is 0.444. The summed E-state index contributed by atoms with van der Waals surface area (Å²) in [5, 5.41) is 3.28. The van der Waals surface area contributed by atoms with Crippen LogP contribution in [-0.2, 0) is 0 Å². The van der Waals surface area contributed by atoms with Crippen molar-refractivity contribution in [1.82, 2.24) is 4.98 Å². The Hall–Kier alpha value is -0.770. The van der Waals surface area contributed by atoms with E-state index in [1.54, 1.807) is 6.20 Å². The Morgan fingerprint density at radius 2 is 2.38 bits per heavy atom. The van der Waals surface area contributed by atoms with Gasteiger partial charge in [-0.2, -0.15) is 0 Å². The summed E-state index contributed by atoms with van der Waals surface area (Å²) in [5.74, 6) is 0.545. The molecule has 3 N–H and O–H groups in total. The van der Waals surface area contributed by atoms with Crippen LogP contribution in [0, 0.1) is 0 Å². The van der Waals surface area contributed by atoms with Gasteiger partial charge in [0.2, 0.25) is 0 Å². The number of nitrogen functional groups attached to an aromatic ring is 1. The Balaban J connectivity index is 2.81. The van der Waals surface area contributed by atoms with E-state index in [9.17, 15) is 0 Å². The maximum atomic E-state index is 5.70. The van der Waals surface area contributed by atoms with Gasteiger partial charge in [0, 0.05) is 16.7 Å². The second-order valence-electron chi connectivity index (χ2n) is 3.04. The molecule has 1 heterocycles. The minimum Gasteiger partial charge on any atom is -0.382 e. The maximum absolute atomic E-state index is 5.70. The van der Waals surface area contributed by atoms with Gasteiger partial charge in [-0.1, -0.05) is 6.92 Å². The molecule has 0 aliphatic rings. The van der Waals surface area contributed by atoms with Crippen LogP contribution in [0.5, 0.6) is 0 Å². The lowest BCUT2D eigenvalue weighted by molar-refractivity contribution is 0.764. The minimum absolute atomic E-state index is 0.415. The first kappa shape index (κ1) is 10.3. The smallest absolute Gasteiger partial charge is 0.146 e. The van der Waals surface area contributed by atoms with Crippen LogP contribution < -0.4 is 11.1 Å². The number of anilines is 2. The van der Waals surface area contributed by atoms with Crippen LogP contribution in [0.1, 0.15) is 20.3 Å². The standard InChI is InChI=1S/C9H14BrN3/c1-3-6(2)13-8-4-7(10)5-12-9(8)11/h4-6,13H,3H2,1-2H3,(H2,11,12). The lowest BCUT2D eigenvalue weighted by Crippen LogP contribution is -2.15. The van der Waals surface area contributed by atoms with E-state index < -0.39 is 0 Å². The molecule has 0 aliphatic carbocycles. The third-order valence-corrected chi connectivity index (χ3v) is 2.33. The lowest BCUT2D eigenvalue weighted by Gasteiger charge is -2.14. The van der Waals surface area contributed by atoms with Gasteiger partial charge < -0.3 is 11.1 Å². The molecule has 0 aliphatic heterocycles. The molecule has 1 aromatic heterocycles. The molecule has 72 valence electrons. The van der Waals surface area contributed by atoms with Crippen molar-refractivity contribution in [2.24, 2.45) is 0 Å². The van der Waals surface area contributed by atoms with Crippen LogP contribution >= 0.6 is 15.9 Å². The zero-order valence-corrected chi connectivity index (χ0v) is 9.43. The molecular formula is C9H14BrN3. The van der Waals surface area contributed by atoms with E-state index in [-0.39, 0.29) is 0 Å². The average Bonchev–Trinajstić information content (AvgIpc) is 2.11. The van der Waals surface area contributed by atoms with Gasteiger partial charge >= 0.3 is 0 Å². The molecule has 4 heteroatoms. The SMILES string of the molecule is CCC(C)Nc1cc(Br)cnc1N. The predicted octanol–water partition coefficient (Wildman–Crippen LogP) is 2.64. The fourth-order valence-electron chi connectivity index (χ4n) is 0.933. The molecule has 0 bridgehead atoms. The number of nitrogens with two attached hydrogens (primary N) is 1. The molecule has 13 heavy (non-hydrogen) atoms. The van der Waals surface area contributed by atoms with Crippen molar-refractivity contribution < 1.29 is 0 Å². The molecule has 1 aromatic rings. The number of rotatable bonds is 3. The third kappa shape index (κ3) is 2.88. The van der Waals surface area contributed by atoms with Gasteiger partial charge in [0.1, 0.15) is 5.82 Å². The Kier molecular flexibility index (Phi) is 3.54. The number of pyridine rings is 1. The number of aromatic nitrogens is 1. The molecule has 3 nitrogen and oxygen atoms in total. The first-order valence-electron chi connectivity index (χ1n) is 4.31. The molecule has 1 atom stereocenters. The summed E-state index contributed by atoms with van der Waals surface area (Å²) in [6.07, 6.45) is 2.75. The van der Waals surface area contributed by atoms with Gasteiger partial charge in [0.05, 0.1) is 5.69 Å². The molecule has 0 aromatic carbocycles. The van der Waals surface area contributed by atoms with Crippen LogP contribution in [0.25, 0.3) is 0 Å².